The summed E-state index contributed by atoms with van der Waals surface area (Å²) in [5, 5.41) is 9.89. The lowest BCUT2D eigenvalue weighted by Crippen LogP contribution is -2.28. The van der Waals surface area contributed by atoms with Gasteiger partial charge in [0.1, 0.15) is 0 Å². The number of nitrogens with zero attached hydrogens (tertiary/aromatic N) is 1. The Morgan fingerprint density at radius 3 is 2.45 bits per heavy atom. The highest BCUT2D eigenvalue weighted by Crippen LogP contribution is 2.20. The third-order valence-corrected chi connectivity index (χ3v) is 3.59. The number of carboxylic acid groups (broad SMARTS) is 1. The molecular weight excluding hydrogens is 301 g/mol. The Balaban J connectivity index is 2.01. The van der Waals surface area contributed by atoms with Crippen LogP contribution in [0.1, 0.15) is 12.0 Å². The molecule has 0 bridgehead atoms. The summed E-state index contributed by atoms with van der Waals surface area (Å²) in [6.07, 6.45) is 3.53. The molecule has 1 atom stereocenters. The average molecular weight is 314 g/mol. The van der Waals surface area contributed by atoms with Gasteiger partial charge < -0.3 is 10.0 Å². The van der Waals surface area contributed by atoms with Gasteiger partial charge in [-0.2, -0.15) is 0 Å². The summed E-state index contributed by atoms with van der Waals surface area (Å²) >= 11 is 11.7. The number of carbonyl (C=O) groups is 2. The van der Waals surface area contributed by atoms with E-state index >= 15 is 0 Å². The van der Waals surface area contributed by atoms with Crippen molar-refractivity contribution in [3.63, 3.8) is 0 Å². The predicted octanol–water partition coefficient (Wildman–Crippen LogP) is 2.94. The lowest BCUT2D eigenvalue weighted by atomic mass is 10.1. The van der Waals surface area contributed by atoms with Gasteiger partial charge in [0.25, 0.3) is 0 Å². The van der Waals surface area contributed by atoms with Gasteiger partial charge in [0.2, 0.25) is 5.91 Å². The number of hydrogen-bond acceptors (Lipinski definition) is 2. The number of likely N-dealkylation sites (tertiary alicyclic amines) is 1. The molecule has 1 unspecified atom stereocenters. The first-order chi connectivity index (χ1) is 9.45. The largest absolute Gasteiger partial charge is 0.481 e. The zero-order valence-electron chi connectivity index (χ0n) is 10.6. The van der Waals surface area contributed by atoms with Crippen molar-refractivity contribution in [1.82, 2.24) is 4.90 Å². The highest BCUT2D eigenvalue weighted by atomic mass is 35.5. The lowest BCUT2D eigenvalue weighted by molar-refractivity contribution is -0.141. The second-order valence-corrected chi connectivity index (χ2v) is 5.52. The van der Waals surface area contributed by atoms with Crippen LogP contribution in [0.3, 0.4) is 0 Å². The summed E-state index contributed by atoms with van der Waals surface area (Å²) in [4.78, 5) is 24.3. The molecule has 1 aromatic carbocycles. The zero-order chi connectivity index (χ0) is 14.7. The van der Waals surface area contributed by atoms with E-state index in [2.05, 4.69) is 0 Å². The SMILES string of the molecule is O=C(O)C1CCN(C(=O)C=Cc2cc(Cl)cc(Cl)c2)C1. The summed E-state index contributed by atoms with van der Waals surface area (Å²) in [6.45, 7) is 0.727. The van der Waals surface area contributed by atoms with Crippen molar-refractivity contribution in [2.24, 2.45) is 5.92 Å². The Labute approximate surface area is 126 Å². The standard InChI is InChI=1S/C14H13Cl2NO3/c15-11-5-9(6-12(16)7-11)1-2-13(18)17-4-3-10(8-17)14(19)20/h1-2,5-7,10H,3-4,8H2,(H,19,20). The Bertz CT molecular complexity index is 551. The number of halogens is 2. The van der Waals surface area contributed by atoms with E-state index in [9.17, 15) is 9.59 Å². The smallest absolute Gasteiger partial charge is 0.308 e. The maximum Gasteiger partial charge on any atom is 0.308 e. The molecule has 4 nitrogen and oxygen atoms in total. The number of benzene rings is 1. The molecule has 1 amide bonds. The topological polar surface area (TPSA) is 57.6 Å². The van der Waals surface area contributed by atoms with Gasteiger partial charge in [0.05, 0.1) is 5.92 Å². The van der Waals surface area contributed by atoms with E-state index in [-0.39, 0.29) is 12.5 Å². The molecule has 1 N–H and O–H groups in total. The first kappa shape index (κ1) is 14.9. The molecule has 6 heteroatoms. The molecule has 0 spiro atoms. The minimum Gasteiger partial charge on any atom is -0.481 e. The molecule has 0 aromatic heterocycles. The molecule has 1 aliphatic heterocycles. The highest BCUT2D eigenvalue weighted by molar-refractivity contribution is 6.34. The maximum atomic E-state index is 11.9. The molecule has 1 saturated heterocycles. The van der Waals surface area contributed by atoms with Gasteiger partial charge >= 0.3 is 5.97 Å². The molecule has 106 valence electrons. The van der Waals surface area contributed by atoms with Crippen LogP contribution in [0.4, 0.5) is 0 Å². The van der Waals surface area contributed by atoms with Gasteiger partial charge in [-0.3, -0.25) is 9.59 Å². The molecule has 1 aromatic rings. The van der Waals surface area contributed by atoms with Crippen LogP contribution < -0.4 is 0 Å². The number of carboxylic acids is 1. The minimum atomic E-state index is -0.856. The number of aliphatic carboxylic acids is 1. The maximum absolute atomic E-state index is 11.9. The van der Waals surface area contributed by atoms with Crippen molar-refractivity contribution in [1.29, 1.82) is 0 Å². The molecule has 2 rings (SSSR count). The highest BCUT2D eigenvalue weighted by Gasteiger charge is 2.29. The van der Waals surface area contributed by atoms with Crippen LogP contribution in [0.2, 0.25) is 10.0 Å². The van der Waals surface area contributed by atoms with Gasteiger partial charge in [0.15, 0.2) is 0 Å². The Hall–Kier alpha value is -1.52. The third kappa shape index (κ3) is 3.74. The van der Waals surface area contributed by atoms with Crippen molar-refractivity contribution in [3.8, 4) is 0 Å². The molecule has 1 heterocycles. The second-order valence-electron chi connectivity index (χ2n) is 4.64. The quantitative estimate of drug-likeness (QED) is 0.873. The third-order valence-electron chi connectivity index (χ3n) is 3.15. The normalized spacial score (nSPS) is 18.7. The van der Waals surface area contributed by atoms with Gasteiger partial charge in [-0.25, -0.2) is 0 Å². The summed E-state index contributed by atoms with van der Waals surface area (Å²) in [7, 11) is 0. The van der Waals surface area contributed by atoms with E-state index in [1.54, 1.807) is 24.3 Å². The lowest BCUT2D eigenvalue weighted by Gasteiger charge is -2.12. The van der Waals surface area contributed by atoms with Gasteiger partial charge in [-0.05, 0) is 36.3 Å². The van der Waals surface area contributed by atoms with Gasteiger partial charge in [0, 0.05) is 29.2 Å². The number of rotatable bonds is 3. The Kier molecular flexibility index (Phi) is 4.68. The van der Waals surface area contributed by atoms with E-state index < -0.39 is 11.9 Å². The first-order valence-corrected chi connectivity index (χ1v) is 6.87. The fourth-order valence-corrected chi connectivity index (χ4v) is 2.65. The van der Waals surface area contributed by atoms with Crippen LogP contribution >= 0.6 is 23.2 Å². The molecule has 1 aliphatic rings. The van der Waals surface area contributed by atoms with Crippen LogP contribution in [-0.4, -0.2) is 35.0 Å². The fraction of sp³-hybridized carbons (Fsp3) is 0.286. The molecule has 0 saturated carbocycles. The van der Waals surface area contributed by atoms with Gasteiger partial charge in [-0.1, -0.05) is 23.2 Å². The van der Waals surface area contributed by atoms with Crippen LogP contribution in [0.15, 0.2) is 24.3 Å². The fourth-order valence-electron chi connectivity index (χ4n) is 2.11. The van der Waals surface area contributed by atoms with Crippen LogP contribution in [0.5, 0.6) is 0 Å². The van der Waals surface area contributed by atoms with Crippen molar-refractivity contribution < 1.29 is 14.7 Å². The van der Waals surface area contributed by atoms with Crippen LogP contribution in [0, 0.1) is 5.92 Å². The summed E-state index contributed by atoms with van der Waals surface area (Å²) in [5.41, 5.74) is 0.727. The monoisotopic (exact) mass is 313 g/mol. The van der Waals surface area contributed by atoms with Crippen molar-refractivity contribution in [3.05, 3.63) is 39.9 Å². The van der Waals surface area contributed by atoms with Crippen molar-refractivity contribution >= 4 is 41.2 Å². The minimum absolute atomic E-state index is 0.204. The summed E-state index contributed by atoms with van der Waals surface area (Å²) < 4.78 is 0. The van der Waals surface area contributed by atoms with Crippen molar-refractivity contribution in [2.45, 2.75) is 6.42 Å². The van der Waals surface area contributed by atoms with Crippen molar-refractivity contribution in [2.75, 3.05) is 13.1 Å². The molecule has 0 radical (unpaired) electrons. The van der Waals surface area contributed by atoms with E-state index in [0.717, 1.165) is 5.56 Å². The van der Waals surface area contributed by atoms with Crippen LogP contribution in [0.25, 0.3) is 6.08 Å². The summed E-state index contributed by atoms with van der Waals surface area (Å²) in [5.74, 6) is -1.52. The van der Waals surface area contributed by atoms with E-state index in [0.29, 0.717) is 23.0 Å². The number of hydrogen-bond donors (Lipinski definition) is 1. The second kappa shape index (κ2) is 6.29. The Morgan fingerprint density at radius 2 is 1.90 bits per heavy atom. The van der Waals surface area contributed by atoms with E-state index in [4.69, 9.17) is 28.3 Å². The van der Waals surface area contributed by atoms with E-state index in [1.807, 2.05) is 0 Å². The number of amides is 1. The molecule has 1 fully saturated rings. The van der Waals surface area contributed by atoms with Gasteiger partial charge in [-0.15, -0.1) is 0 Å². The summed E-state index contributed by atoms with van der Waals surface area (Å²) in [6, 6.07) is 5.00. The molecular formula is C14H13Cl2NO3. The predicted molar refractivity (Wildman–Crippen MR) is 77.8 cm³/mol. The average Bonchev–Trinajstić information content (AvgIpc) is 2.84. The first-order valence-electron chi connectivity index (χ1n) is 6.11. The zero-order valence-corrected chi connectivity index (χ0v) is 12.1. The van der Waals surface area contributed by atoms with Crippen LogP contribution in [-0.2, 0) is 9.59 Å². The Morgan fingerprint density at radius 1 is 1.25 bits per heavy atom. The molecule has 20 heavy (non-hydrogen) atoms. The van der Waals surface area contributed by atoms with E-state index in [1.165, 1.54) is 11.0 Å². The number of carbonyl (C=O) groups excluding carboxylic acids is 1. The molecule has 0 aliphatic carbocycles.